The van der Waals surface area contributed by atoms with Crippen molar-refractivity contribution in [3.8, 4) is 0 Å². The van der Waals surface area contributed by atoms with Crippen LogP contribution in [0.4, 0.5) is 8.78 Å². The predicted molar refractivity (Wildman–Crippen MR) is 75.6 cm³/mol. The molecule has 1 saturated carbocycles. The molecule has 0 spiro atoms. The van der Waals surface area contributed by atoms with Crippen molar-refractivity contribution in [2.75, 3.05) is 13.7 Å². The second kappa shape index (κ2) is 6.23. The van der Waals surface area contributed by atoms with E-state index in [0.29, 0.717) is 12.8 Å². The second-order valence-corrected chi connectivity index (χ2v) is 7.14. The summed E-state index contributed by atoms with van der Waals surface area (Å²) in [5.41, 5.74) is -1.19. The number of rotatable bonds is 6. The van der Waals surface area contributed by atoms with E-state index < -0.39 is 37.8 Å². The molecular weight excluding hydrogens is 332 g/mol. The highest BCUT2D eigenvalue weighted by Crippen LogP contribution is 2.46. The number of carbonyl (C=O) groups is 2. The van der Waals surface area contributed by atoms with Crippen molar-refractivity contribution >= 4 is 21.7 Å². The number of methoxy groups -OCH3 is 1. The van der Waals surface area contributed by atoms with Crippen molar-refractivity contribution in [1.29, 1.82) is 0 Å². The van der Waals surface area contributed by atoms with Crippen molar-refractivity contribution in [1.82, 2.24) is 5.32 Å². The van der Waals surface area contributed by atoms with Crippen molar-refractivity contribution in [3.05, 3.63) is 29.8 Å². The van der Waals surface area contributed by atoms with E-state index in [1.807, 2.05) is 0 Å². The Kier molecular flexibility index (Phi) is 4.69. The number of carbonyl (C=O) groups excluding carboxylic acids is 2. The fourth-order valence-corrected chi connectivity index (χ4v) is 3.09. The molecule has 2 rings (SSSR count). The van der Waals surface area contributed by atoms with Gasteiger partial charge in [0.1, 0.15) is 0 Å². The van der Waals surface area contributed by atoms with Crippen molar-refractivity contribution in [2.24, 2.45) is 5.41 Å². The van der Waals surface area contributed by atoms with Gasteiger partial charge in [0.25, 0.3) is 5.91 Å². The fraction of sp³-hybridized carbons (Fsp3) is 0.429. The lowest BCUT2D eigenvalue weighted by molar-refractivity contribution is -0.146. The minimum atomic E-state index is -4.90. The number of hydrogen-bond acceptors (Lipinski definition) is 5. The van der Waals surface area contributed by atoms with Gasteiger partial charge in [-0.15, -0.1) is 0 Å². The SMILES string of the molecule is COC(=O)C1(CNC(=O)c2ccccc2S(=O)(=O)C(F)F)CC1. The summed E-state index contributed by atoms with van der Waals surface area (Å²) >= 11 is 0. The number of alkyl halides is 2. The summed E-state index contributed by atoms with van der Waals surface area (Å²) in [4.78, 5) is 23.0. The Morgan fingerprint density at radius 1 is 1.30 bits per heavy atom. The molecule has 6 nitrogen and oxygen atoms in total. The molecule has 1 aliphatic carbocycles. The van der Waals surface area contributed by atoms with E-state index in [9.17, 15) is 26.8 Å². The standard InChI is InChI=1S/C14H15F2NO5S/c1-22-12(19)14(6-7-14)8-17-11(18)9-4-2-3-5-10(9)23(20,21)13(15)16/h2-5,13H,6-8H2,1H3,(H,17,18). The molecule has 0 unspecified atom stereocenters. The number of esters is 1. The Morgan fingerprint density at radius 3 is 2.43 bits per heavy atom. The molecule has 1 aromatic carbocycles. The first-order valence-electron chi connectivity index (χ1n) is 6.72. The van der Waals surface area contributed by atoms with Crippen LogP contribution >= 0.6 is 0 Å². The van der Waals surface area contributed by atoms with Gasteiger partial charge in [-0.05, 0) is 25.0 Å². The molecule has 23 heavy (non-hydrogen) atoms. The topological polar surface area (TPSA) is 89.5 Å². The maximum absolute atomic E-state index is 12.7. The molecule has 0 radical (unpaired) electrons. The van der Waals surface area contributed by atoms with Crippen LogP contribution in [-0.2, 0) is 19.4 Å². The van der Waals surface area contributed by atoms with Crippen molar-refractivity contribution in [2.45, 2.75) is 23.5 Å². The summed E-state index contributed by atoms with van der Waals surface area (Å²) in [7, 11) is -3.67. The van der Waals surface area contributed by atoms with E-state index in [4.69, 9.17) is 0 Å². The molecule has 0 bridgehead atoms. The minimum absolute atomic E-state index is 0.0401. The second-order valence-electron chi connectivity index (χ2n) is 5.26. The Labute approximate surface area is 131 Å². The predicted octanol–water partition coefficient (Wildman–Crippen LogP) is 1.37. The molecule has 1 amide bonds. The first kappa shape index (κ1) is 17.3. The average Bonchev–Trinajstić information content (AvgIpc) is 3.32. The Morgan fingerprint density at radius 2 is 1.91 bits per heavy atom. The molecule has 1 aliphatic rings. The zero-order valence-corrected chi connectivity index (χ0v) is 13.0. The Hall–Kier alpha value is -2.03. The van der Waals surface area contributed by atoms with Gasteiger partial charge in [0, 0.05) is 6.54 Å². The number of halogens is 2. The monoisotopic (exact) mass is 347 g/mol. The number of benzene rings is 1. The lowest BCUT2D eigenvalue weighted by Gasteiger charge is -2.15. The lowest BCUT2D eigenvalue weighted by Crippen LogP contribution is -2.35. The van der Waals surface area contributed by atoms with Crippen LogP contribution in [0.1, 0.15) is 23.2 Å². The quantitative estimate of drug-likeness (QED) is 0.785. The van der Waals surface area contributed by atoms with Crippen LogP contribution in [0.15, 0.2) is 29.2 Å². The largest absolute Gasteiger partial charge is 0.469 e. The third-order valence-corrected chi connectivity index (χ3v) is 5.17. The van der Waals surface area contributed by atoms with Gasteiger partial charge in [-0.3, -0.25) is 9.59 Å². The van der Waals surface area contributed by atoms with Gasteiger partial charge < -0.3 is 10.1 Å². The third kappa shape index (κ3) is 3.34. The zero-order chi connectivity index (χ0) is 17.3. The zero-order valence-electron chi connectivity index (χ0n) is 12.2. The van der Waals surface area contributed by atoms with Gasteiger partial charge in [-0.1, -0.05) is 12.1 Å². The molecule has 0 heterocycles. The fourth-order valence-electron chi connectivity index (χ4n) is 2.16. The molecule has 1 aromatic rings. The van der Waals surface area contributed by atoms with Crippen LogP contribution in [-0.4, -0.2) is 39.7 Å². The maximum Gasteiger partial charge on any atom is 0.341 e. The van der Waals surface area contributed by atoms with Crippen LogP contribution in [0.25, 0.3) is 0 Å². The normalized spacial score (nSPS) is 16.0. The van der Waals surface area contributed by atoms with Crippen LogP contribution in [0.3, 0.4) is 0 Å². The van der Waals surface area contributed by atoms with Gasteiger partial charge in [0.15, 0.2) is 0 Å². The summed E-state index contributed by atoms with van der Waals surface area (Å²) in [5.74, 6) is -4.92. The summed E-state index contributed by atoms with van der Waals surface area (Å²) in [5, 5.41) is 2.42. The van der Waals surface area contributed by atoms with Crippen molar-refractivity contribution in [3.63, 3.8) is 0 Å². The minimum Gasteiger partial charge on any atom is -0.469 e. The number of ether oxygens (including phenoxy) is 1. The number of hydrogen-bond donors (Lipinski definition) is 1. The third-order valence-electron chi connectivity index (χ3n) is 3.73. The Balaban J connectivity index is 2.20. The summed E-state index contributed by atoms with van der Waals surface area (Å²) in [6, 6.07) is 4.71. The highest BCUT2D eigenvalue weighted by molar-refractivity contribution is 7.91. The number of nitrogens with one attached hydrogen (secondary N) is 1. The molecule has 0 saturated heterocycles. The van der Waals surface area contributed by atoms with Crippen LogP contribution in [0, 0.1) is 5.41 Å². The first-order valence-corrected chi connectivity index (χ1v) is 8.27. The number of sulfone groups is 1. The van der Waals surface area contributed by atoms with E-state index in [-0.39, 0.29) is 12.1 Å². The number of amides is 1. The lowest BCUT2D eigenvalue weighted by atomic mass is 10.1. The maximum atomic E-state index is 12.7. The Bertz CT molecular complexity index is 728. The molecule has 9 heteroatoms. The average molecular weight is 347 g/mol. The van der Waals surface area contributed by atoms with Gasteiger partial charge in [0.2, 0.25) is 9.84 Å². The summed E-state index contributed by atoms with van der Waals surface area (Å²) < 4.78 is 53.3. The smallest absolute Gasteiger partial charge is 0.341 e. The van der Waals surface area contributed by atoms with E-state index in [1.165, 1.54) is 19.2 Å². The highest BCUT2D eigenvalue weighted by Gasteiger charge is 2.51. The molecular formula is C14H15F2NO5S. The van der Waals surface area contributed by atoms with E-state index in [1.54, 1.807) is 0 Å². The summed E-state index contributed by atoms with van der Waals surface area (Å²) in [6.07, 6.45) is 1.08. The first-order chi connectivity index (χ1) is 10.7. The van der Waals surface area contributed by atoms with E-state index in [2.05, 4.69) is 10.1 Å². The van der Waals surface area contributed by atoms with Gasteiger partial charge in [-0.25, -0.2) is 8.42 Å². The summed E-state index contributed by atoms with van der Waals surface area (Å²) in [6.45, 7) is -0.0401. The molecule has 1 fully saturated rings. The van der Waals surface area contributed by atoms with Crippen LogP contribution in [0.2, 0.25) is 0 Å². The molecule has 0 atom stereocenters. The van der Waals surface area contributed by atoms with Gasteiger partial charge in [-0.2, -0.15) is 8.78 Å². The van der Waals surface area contributed by atoms with Crippen LogP contribution < -0.4 is 5.32 Å². The highest BCUT2D eigenvalue weighted by atomic mass is 32.2. The molecule has 1 N–H and O–H groups in total. The van der Waals surface area contributed by atoms with Gasteiger partial charge in [0.05, 0.1) is 23.0 Å². The van der Waals surface area contributed by atoms with Crippen molar-refractivity contribution < 1.29 is 31.5 Å². The molecule has 0 aliphatic heterocycles. The van der Waals surface area contributed by atoms with Gasteiger partial charge >= 0.3 is 11.7 Å². The van der Waals surface area contributed by atoms with E-state index in [0.717, 1.165) is 12.1 Å². The molecule has 126 valence electrons. The van der Waals surface area contributed by atoms with Crippen LogP contribution in [0.5, 0.6) is 0 Å². The van der Waals surface area contributed by atoms with E-state index >= 15 is 0 Å². The molecule has 0 aromatic heterocycles.